The van der Waals surface area contributed by atoms with E-state index < -0.39 is 0 Å². The molecule has 1 saturated heterocycles. The van der Waals surface area contributed by atoms with E-state index in [0.717, 1.165) is 36.0 Å². The van der Waals surface area contributed by atoms with Gasteiger partial charge in [-0.1, -0.05) is 27.9 Å². The van der Waals surface area contributed by atoms with Crippen molar-refractivity contribution in [3.05, 3.63) is 34.3 Å². The highest BCUT2D eigenvalue weighted by Gasteiger charge is 2.23. The van der Waals surface area contributed by atoms with E-state index in [4.69, 9.17) is 11.2 Å². The van der Waals surface area contributed by atoms with Gasteiger partial charge >= 0.3 is 0 Å². The Balaban J connectivity index is 1.84. The molecule has 0 atom stereocenters. The second kappa shape index (κ2) is 7.47. The summed E-state index contributed by atoms with van der Waals surface area (Å²) in [5, 5.41) is 0. The van der Waals surface area contributed by atoms with Crippen LogP contribution in [0.5, 0.6) is 0 Å². The maximum Gasteiger partial charge on any atom is 0.253 e. The average Bonchev–Trinajstić information content (AvgIpc) is 2.47. The first kappa shape index (κ1) is 15.1. The lowest BCUT2D eigenvalue weighted by atomic mass is 9.97. The normalized spacial score (nSPS) is 15.9. The SMILES string of the molecule is C#CCOCC1CCN(C(=O)c2cccc(Br)c2)CC1. The number of piperidine rings is 1. The lowest BCUT2D eigenvalue weighted by Gasteiger charge is -2.31. The number of halogens is 1. The number of carbonyl (C=O) groups is 1. The van der Waals surface area contributed by atoms with Crippen LogP contribution in [0, 0.1) is 18.3 Å². The zero-order valence-electron chi connectivity index (χ0n) is 11.3. The molecular weight excluding hydrogens is 318 g/mol. The van der Waals surface area contributed by atoms with E-state index in [9.17, 15) is 4.79 Å². The Bertz CT molecular complexity index is 501. The third kappa shape index (κ3) is 4.09. The Morgan fingerprint density at radius 1 is 1.45 bits per heavy atom. The molecule has 0 aliphatic carbocycles. The van der Waals surface area contributed by atoms with E-state index >= 15 is 0 Å². The average molecular weight is 336 g/mol. The molecule has 0 saturated carbocycles. The van der Waals surface area contributed by atoms with Crippen molar-refractivity contribution in [1.82, 2.24) is 4.90 Å². The Hall–Kier alpha value is -1.31. The van der Waals surface area contributed by atoms with E-state index in [2.05, 4.69) is 21.9 Å². The second-order valence-electron chi connectivity index (χ2n) is 4.97. The molecule has 1 heterocycles. The lowest BCUT2D eigenvalue weighted by molar-refractivity contribution is 0.0582. The summed E-state index contributed by atoms with van der Waals surface area (Å²) in [7, 11) is 0. The fraction of sp³-hybridized carbons (Fsp3) is 0.438. The molecule has 1 aliphatic heterocycles. The van der Waals surface area contributed by atoms with Gasteiger partial charge in [-0.25, -0.2) is 0 Å². The maximum atomic E-state index is 12.4. The number of hydrogen-bond donors (Lipinski definition) is 0. The largest absolute Gasteiger partial charge is 0.369 e. The van der Waals surface area contributed by atoms with Crippen LogP contribution in [-0.4, -0.2) is 37.1 Å². The molecule has 1 amide bonds. The number of rotatable bonds is 4. The maximum absolute atomic E-state index is 12.4. The van der Waals surface area contributed by atoms with Crippen LogP contribution in [0.15, 0.2) is 28.7 Å². The third-order valence-corrected chi connectivity index (χ3v) is 4.01. The standard InChI is InChI=1S/C16H18BrNO2/c1-2-10-20-12-13-6-8-18(9-7-13)16(19)14-4-3-5-15(17)11-14/h1,3-5,11,13H,6-10,12H2. The molecule has 0 radical (unpaired) electrons. The molecule has 2 rings (SSSR count). The number of hydrogen-bond acceptors (Lipinski definition) is 2. The van der Waals surface area contributed by atoms with Crippen molar-refractivity contribution in [2.75, 3.05) is 26.3 Å². The highest BCUT2D eigenvalue weighted by atomic mass is 79.9. The highest BCUT2D eigenvalue weighted by Crippen LogP contribution is 2.20. The molecule has 1 aromatic rings. The molecule has 0 bridgehead atoms. The molecule has 1 aromatic carbocycles. The van der Waals surface area contributed by atoms with Crippen molar-refractivity contribution < 1.29 is 9.53 Å². The van der Waals surface area contributed by atoms with E-state index in [0.29, 0.717) is 19.1 Å². The minimum atomic E-state index is 0.106. The molecule has 0 unspecified atom stereocenters. The molecule has 3 nitrogen and oxygen atoms in total. The number of ether oxygens (including phenoxy) is 1. The Morgan fingerprint density at radius 2 is 2.20 bits per heavy atom. The van der Waals surface area contributed by atoms with Gasteiger partial charge in [0.1, 0.15) is 6.61 Å². The smallest absolute Gasteiger partial charge is 0.253 e. The van der Waals surface area contributed by atoms with Gasteiger partial charge in [0.15, 0.2) is 0 Å². The number of amides is 1. The van der Waals surface area contributed by atoms with Crippen molar-refractivity contribution in [3.63, 3.8) is 0 Å². The van der Waals surface area contributed by atoms with Crippen LogP contribution in [-0.2, 0) is 4.74 Å². The van der Waals surface area contributed by atoms with Gasteiger partial charge in [0, 0.05) is 23.1 Å². The highest BCUT2D eigenvalue weighted by molar-refractivity contribution is 9.10. The third-order valence-electron chi connectivity index (χ3n) is 3.51. The number of benzene rings is 1. The van der Waals surface area contributed by atoms with Gasteiger partial charge in [-0.3, -0.25) is 4.79 Å². The number of nitrogens with zero attached hydrogens (tertiary/aromatic N) is 1. The van der Waals surface area contributed by atoms with Gasteiger partial charge < -0.3 is 9.64 Å². The Labute approximate surface area is 128 Å². The molecular formula is C16H18BrNO2. The van der Waals surface area contributed by atoms with E-state index in [1.165, 1.54) is 0 Å². The lowest BCUT2D eigenvalue weighted by Crippen LogP contribution is -2.39. The molecule has 1 aliphatic rings. The van der Waals surface area contributed by atoms with Gasteiger partial charge in [0.25, 0.3) is 5.91 Å². The Morgan fingerprint density at radius 3 is 2.85 bits per heavy atom. The minimum Gasteiger partial charge on any atom is -0.369 e. The van der Waals surface area contributed by atoms with Crippen molar-refractivity contribution in [2.24, 2.45) is 5.92 Å². The fourth-order valence-corrected chi connectivity index (χ4v) is 2.79. The van der Waals surface area contributed by atoms with Gasteiger partial charge in [-0.05, 0) is 37.0 Å². The Kier molecular flexibility index (Phi) is 5.63. The summed E-state index contributed by atoms with van der Waals surface area (Å²) in [6.07, 6.45) is 7.10. The zero-order valence-corrected chi connectivity index (χ0v) is 12.9. The summed E-state index contributed by atoms with van der Waals surface area (Å²) in [6, 6.07) is 7.53. The van der Waals surface area contributed by atoms with Crippen LogP contribution in [0.2, 0.25) is 0 Å². The monoisotopic (exact) mass is 335 g/mol. The van der Waals surface area contributed by atoms with Crippen molar-refractivity contribution in [1.29, 1.82) is 0 Å². The van der Waals surface area contributed by atoms with E-state index in [1.54, 1.807) is 0 Å². The summed E-state index contributed by atoms with van der Waals surface area (Å²) in [5.41, 5.74) is 0.737. The number of likely N-dealkylation sites (tertiary alicyclic amines) is 1. The fourth-order valence-electron chi connectivity index (χ4n) is 2.39. The summed E-state index contributed by atoms with van der Waals surface area (Å²) in [4.78, 5) is 14.3. The summed E-state index contributed by atoms with van der Waals surface area (Å²) in [5.74, 6) is 3.08. The summed E-state index contributed by atoms with van der Waals surface area (Å²) in [6.45, 7) is 2.64. The topological polar surface area (TPSA) is 29.5 Å². The van der Waals surface area contributed by atoms with Gasteiger partial charge in [0.05, 0.1) is 6.61 Å². The van der Waals surface area contributed by atoms with Gasteiger partial charge in [-0.2, -0.15) is 0 Å². The molecule has 1 fully saturated rings. The first-order chi connectivity index (χ1) is 9.70. The van der Waals surface area contributed by atoms with Crippen LogP contribution in [0.3, 0.4) is 0 Å². The molecule has 106 valence electrons. The summed E-state index contributed by atoms with van der Waals surface area (Å²) >= 11 is 3.40. The van der Waals surface area contributed by atoms with E-state index in [-0.39, 0.29) is 5.91 Å². The van der Waals surface area contributed by atoms with Crippen LogP contribution in [0.1, 0.15) is 23.2 Å². The van der Waals surface area contributed by atoms with Crippen LogP contribution in [0.4, 0.5) is 0 Å². The van der Waals surface area contributed by atoms with Crippen LogP contribution in [0.25, 0.3) is 0 Å². The van der Waals surface area contributed by atoms with Gasteiger partial charge in [-0.15, -0.1) is 6.42 Å². The van der Waals surface area contributed by atoms with E-state index in [1.807, 2.05) is 29.2 Å². The minimum absolute atomic E-state index is 0.106. The first-order valence-electron chi connectivity index (χ1n) is 6.76. The van der Waals surface area contributed by atoms with Crippen molar-refractivity contribution in [3.8, 4) is 12.3 Å². The molecule has 0 N–H and O–H groups in total. The van der Waals surface area contributed by atoms with Crippen molar-refractivity contribution in [2.45, 2.75) is 12.8 Å². The van der Waals surface area contributed by atoms with Crippen LogP contribution < -0.4 is 0 Å². The molecule has 0 spiro atoms. The number of terminal acetylenes is 1. The predicted molar refractivity (Wildman–Crippen MR) is 82.4 cm³/mol. The second-order valence-corrected chi connectivity index (χ2v) is 5.88. The summed E-state index contributed by atoms with van der Waals surface area (Å²) < 4.78 is 6.30. The molecule has 20 heavy (non-hydrogen) atoms. The molecule has 0 aromatic heterocycles. The zero-order chi connectivity index (χ0) is 14.4. The predicted octanol–water partition coefficient (Wildman–Crippen LogP) is 2.95. The first-order valence-corrected chi connectivity index (χ1v) is 7.56. The van der Waals surface area contributed by atoms with Crippen molar-refractivity contribution >= 4 is 21.8 Å². The van der Waals surface area contributed by atoms with Gasteiger partial charge in [0.2, 0.25) is 0 Å². The van der Waals surface area contributed by atoms with Crippen LogP contribution >= 0.6 is 15.9 Å². The quantitative estimate of drug-likeness (QED) is 0.625. The molecule has 4 heteroatoms. The number of carbonyl (C=O) groups excluding carboxylic acids is 1.